The van der Waals surface area contributed by atoms with Gasteiger partial charge >= 0.3 is 0 Å². The van der Waals surface area contributed by atoms with Gasteiger partial charge in [0.05, 0.1) is 0 Å². The molecule has 0 aliphatic heterocycles. The summed E-state index contributed by atoms with van der Waals surface area (Å²) >= 11 is 0. The molecule has 130 valence electrons. The highest BCUT2D eigenvalue weighted by Gasteiger charge is 2.22. The van der Waals surface area contributed by atoms with Crippen molar-refractivity contribution < 1.29 is 9.59 Å². The number of nitrogens with one attached hydrogen (secondary N) is 3. The number of fused-ring (bicyclic) bond motifs is 1. The van der Waals surface area contributed by atoms with E-state index in [0.717, 1.165) is 29.3 Å². The molecule has 5 heteroatoms. The molecule has 0 saturated heterocycles. The van der Waals surface area contributed by atoms with Gasteiger partial charge < -0.3 is 15.6 Å². The van der Waals surface area contributed by atoms with E-state index in [9.17, 15) is 9.59 Å². The minimum atomic E-state index is -0.559. The predicted molar refractivity (Wildman–Crippen MR) is 96.7 cm³/mol. The molecule has 0 spiro atoms. The van der Waals surface area contributed by atoms with Gasteiger partial charge in [-0.1, -0.05) is 31.5 Å². The standard InChI is InChI=1S/C19H27N3O2/c1-4-5-10-18(23)22-17(19(24)21-13(2)3)11-14-12-20-16-9-7-6-8-15(14)16/h6-9,12-13,17,20H,4-5,10-11H2,1-3H3,(H,21,24)(H,22,23)/t17-/m0/s1. The number of carbonyl (C=O) groups is 2. The van der Waals surface area contributed by atoms with Crippen LogP contribution in [0.2, 0.25) is 0 Å². The summed E-state index contributed by atoms with van der Waals surface area (Å²) in [5.74, 6) is -0.208. The maximum absolute atomic E-state index is 12.5. The Kier molecular flexibility index (Phi) is 6.41. The van der Waals surface area contributed by atoms with Crippen molar-refractivity contribution in [2.45, 2.75) is 58.5 Å². The molecule has 1 heterocycles. The number of hydrogen-bond acceptors (Lipinski definition) is 2. The van der Waals surface area contributed by atoms with Gasteiger partial charge in [0, 0.05) is 36.0 Å². The van der Waals surface area contributed by atoms with Gasteiger partial charge in [-0.2, -0.15) is 0 Å². The van der Waals surface area contributed by atoms with Crippen molar-refractivity contribution >= 4 is 22.7 Å². The number of rotatable bonds is 8. The third-order valence-corrected chi connectivity index (χ3v) is 3.94. The van der Waals surface area contributed by atoms with Crippen LogP contribution in [0.25, 0.3) is 10.9 Å². The zero-order chi connectivity index (χ0) is 17.5. The number of unbranched alkanes of at least 4 members (excludes halogenated alkanes) is 1. The second-order valence-corrected chi connectivity index (χ2v) is 6.45. The van der Waals surface area contributed by atoms with Crippen LogP contribution in [0.3, 0.4) is 0 Å². The van der Waals surface area contributed by atoms with E-state index >= 15 is 0 Å². The van der Waals surface area contributed by atoms with E-state index in [1.165, 1.54) is 0 Å². The molecule has 0 unspecified atom stereocenters. The van der Waals surface area contributed by atoms with Crippen molar-refractivity contribution in [1.29, 1.82) is 0 Å². The van der Waals surface area contributed by atoms with Gasteiger partial charge in [-0.25, -0.2) is 0 Å². The van der Waals surface area contributed by atoms with Crippen LogP contribution in [0.15, 0.2) is 30.5 Å². The van der Waals surface area contributed by atoms with E-state index in [4.69, 9.17) is 0 Å². The number of aromatic amines is 1. The number of aromatic nitrogens is 1. The Morgan fingerprint density at radius 1 is 1.17 bits per heavy atom. The lowest BCUT2D eigenvalue weighted by Gasteiger charge is -2.20. The zero-order valence-corrected chi connectivity index (χ0v) is 14.7. The molecule has 2 amide bonds. The van der Waals surface area contributed by atoms with Crippen LogP contribution in [0, 0.1) is 0 Å². The lowest BCUT2D eigenvalue weighted by molar-refractivity contribution is -0.129. The Morgan fingerprint density at radius 3 is 2.62 bits per heavy atom. The maximum Gasteiger partial charge on any atom is 0.243 e. The Labute approximate surface area is 143 Å². The van der Waals surface area contributed by atoms with Crippen LogP contribution in [-0.4, -0.2) is 28.9 Å². The fraction of sp³-hybridized carbons (Fsp3) is 0.474. The summed E-state index contributed by atoms with van der Waals surface area (Å²) < 4.78 is 0. The highest BCUT2D eigenvalue weighted by atomic mass is 16.2. The largest absolute Gasteiger partial charge is 0.361 e. The third kappa shape index (κ3) is 4.85. The highest BCUT2D eigenvalue weighted by Crippen LogP contribution is 2.19. The van der Waals surface area contributed by atoms with E-state index in [0.29, 0.717) is 12.8 Å². The number of carbonyl (C=O) groups excluding carboxylic acids is 2. The number of benzene rings is 1. The maximum atomic E-state index is 12.5. The first-order valence-corrected chi connectivity index (χ1v) is 8.66. The molecule has 5 nitrogen and oxygen atoms in total. The van der Waals surface area contributed by atoms with Crippen molar-refractivity contribution in [2.24, 2.45) is 0 Å². The first kappa shape index (κ1) is 18.0. The second kappa shape index (κ2) is 8.52. The van der Waals surface area contributed by atoms with Crippen molar-refractivity contribution in [2.75, 3.05) is 0 Å². The van der Waals surface area contributed by atoms with E-state index in [1.807, 2.05) is 51.2 Å². The van der Waals surface area contributed by atoms with Gasteiger partial charge in [0.1, 0.15) is 6.04 Å². The molecule has 1 atom stereocenters. The quantitative estimate of drug-likeness (QED) is 0.696. The summed E-state index contributed by atoms with van der Waals surface area (Å²) in [6.45, 7) is 5.88. The molecule has 0 aliphatic carbocycles. The molecule has 1 aromatic carbocycles. The van der Waals surface area contributed by atoms with Gasteiger partial charge in [0.25, 0.3) is 0 Å². The second-order valence-electron chi connectivity index (χ2n) is 6.45. The van der Waals surface area contributed by atoms with Crippen LogP contribution in [0.1, 0.15) is 45.6 Å². The Morgan fingerprint density at radius 2 is 1.92 bits per heavy atom. The fourth-order valence-corrected chi connectivity index (χ4v) is 2.72. The average molecular weight is 329 g/mol. The summed E-state index contributed by atoms with van der Waals surface area (Å²) in [5.41, 5.74) is 2.07. The number of H-pyrrole nitrogens is 1. The average Bonchev–Trinajstić information content (AvgIpc) is 2.95. The summed E-state index contributed by atoms with van der Waals surface area (Å²) in [5, 5.41) is 6.88. The van der Waals surface area contributed by atoms with Crippen LogP contribution < -0.4 is 10.6 Å². The minimum Gasteiger partial charge on any atom is -0.361 e. The zero-order valence-electron chi connectivity index (χ0n) is 14.7. The lowest BCUT2D eigenvalue weighted by atomic mass is 10.0. The lowest BCUT2D eigenvalue weighted by Crippen LogP contribution is -2.49. The molecular weight excluding hydrogens is 302 g/mol. The molecule has 0 bridgehead atoms. The van der Waals surface area contributed by atoms with Crippen molar-refractivity contribution in [3.8, 4) is 0 Å². The van der Waals surface area contributed by atoms with Crippen LogP contribution in [0.4, 0.5) is 0 Å². The summed E-state index contributed by atoms with van der Waals surface area (Å²) in [6, 6.07) is 7.45. The molecule has 1 aromatic heterocycles. The van der Waals surface area contributed by atoms with Gasteiger partial charge in [-0.3, -0.25) is 9.59 Å². The predicted octanol–water partition coefficient (Wildman–Crippen LogP) is 2.91. The van der Waals surface area contributed by atoms with E-state index in [2.05, 4.69) is 15.6 Å². The normalized spacial score (nSPS) is 12.3. The third-order valence-electron chi connectivity index (χ3n) is 3.94. The summed E-state index contributed by atoms with van der Waals surface area (Å²) in [7, 11) is 0. The summed E-state index contributed by atoms with van der Waals surface area (Å²) in [6.07, 6.45) is 4.63. The molecule has 24 heavy (non-hydrogen) atoms. The molecule has 0 aliphatic rings. The SMILES string of the molecule is CCCCC(=O)N[C@@H](Cc1c[nH]c2ccccc12)C(=O)NC(C)C. The fourth-order valence-electron chi connectivity index (χ4n) is 2.72. The molecule has 3 N–H and O–H groups in total. The van der Waals surface area contributed by atoms with Crippen LogP contribution in [0.5, 0.6) is 0 Å². The summed E-state index contributed by atoms with van der Waals surface area (Å²) in [4.78, 5) is 27.8. The van der Waals surface area contributed by atoms with E-state index in [1.54, 1.807) is 0 Å². The minimum absolute atomic E-state index is 0.0375. The van der Waals surface area contributed by atoms with Crippen molar-refractivity contribution in [1.82, 2.24) is 15.6 Å². The Hall–Kier alpha value is -2.30. The van der Waals surface area contributed by atoms with E-state index < -0.39 is 6.04 Å². The first-order chi connectivity index (χ1) is 11.5. The number of amides is 2. The van der Waals surface area contributed by atoms with Crippen molar-refractivity contribution in [3.63, 3.8) is 0 Å². The Balaban J connectivity index is 2.15. The molecule has 2 aromatic rings. The molecule has 0 fully saturated rings. The molecule has 2 rings (SSSR count). The van der Waals surface area contributed by atoms with E-state index in [-0.39, 0.29) is 17.9 Å². The van der Waals surface area contributed by atoms with Crippen LogP contribution in [-0.2, 0) is 16.0 Å². The van der Waals surface area contributed by atoms with Crippen LogP contribution >= 0.6 is 0 Å². The molecular formula is C19H27N3O2. The molecule has 0 radical (unpaired) electrons. The number of hydrogen-bond donors (Lipinski definition) is 3. The number of para-hydroxylation sites is 1. The Bertz CT molecular complexity index is 691. The van der Waals surface area contributed by atoms with Gasteiger partial charge in [0.15, 0.2) is 0 Å². The van der Waals surface area contributed by atoms with Gasteiger partial charge in [0.2, 0.25) is 11.8 Å². The van der Waals surface area contributed by atoms with Gasteiger partial charge in [-0.05, 0) is 31.9 Å². The smallest absolute Gasteiger partial charge is 0.243 e. The molecule has 0 saturated carbocycles. The topological polar surface area (TPSA) is 74.0 Å². The highest BCUT2D eigenvalue weighted by molar-refractivity contribution is 5.89. The first-order valence-electron chi connectivity index (χ1n) is 8.66. The van der Waals surface area contributed by atoms with Gasteiger partial charge in [-0.15, -0.1) is 0 Å². The monoisotopic (exact) mass is 329 g/mol. The van der Waals surface area contributed by atoms with Crippen molar-refractivity contribution in [3.05, 3.63) is 36.0 Å².